The summed E-state index contributed by atoms with van der Waals surface area (Å²) in [4.78, 5) is 12.4. The Balaban J connectivity index is 1.95. The van der Waals surface area contributed by atoms with Crippen LogP contribution in [0.2, 0.25) is 10.0 Å². The van der Waals surface area contributed by atoms with Gasteiger partial charge in [-0.15, -0.1) is 0 Å². The zero-order chi connectivity index (χ0) is 15.7. The van der Waals surface area contributed by atoms with Crippen molar-refractivity contribution in [3.63, 3.8) is 0 Å². The predicted molar refractivity (Wildman–Crippen MR) is 90.4 cm³/mol. The zero-order valence-electron chi connectivity index (χ0n) is 12.0. The summed E-state index contributed by atoms with van der Waals surface area (Å²) in [5.74, 6) is 0. The van der Waals surface area contributed by atoms with Crippen LogP contribution in [0.15, 0.2) is 41.3 Å². The van der Waals surface area contributed by atoms with E-state index >= 15 is 0 Å². The monoisotopic (exact) mass is 335 g/mol. The van der Waals surface area contributed by atoms with Crippen molar-refractivity contribution in [2.45, 2.75) is 25.8 Å². The fourth-order valence-corrected chi connectivity index (χ4v) is 2.74. The second-order valence-electron chi connectivity index (χ2n) is 5.31. The number of anilines is 1. The lowest BCUT2D eigenvalue weighted by atomic mass is 10.2. The van der Waals surface area contributed by atoms with Crippen molar-refractivity contribution < 1.29 is 0 Å². The summed E-state index contributed by atoms with van der Waals surface area (Å²) < 4.78 is 1.26. The van der Waals surface area contributed by atoms with Gasteiger partial charge in [-0.2, -0.15) is 9.78 Å². The molecule has 0 fully saturated rings. The molecule has 0 aliphatic heterocycles. The molecule has 0 amide bonds. The topological polar surface area (TPSA) is 46.9 Å². The highest BCUT2D eigenvalue weighted by molar-refractivity contribution is 6.33. The van der Waals surface area contributed by atoms with Crippen LogP contribution in [0.5, 0.6) is 0 Å². The summed E-state index contributed by atoms with van der Waals surface area (Å²) in [6.45, 7) is 1.90. The first-order chi connectivity index (χ1) is 10.6. The van der Waals surface area contributed by atoms with Gasteiger partial charge < -0.3 is 5.32 Å². The standard InChI is InChI=1S/C16H15Cl2N3O/c1-10-6-7-12(8-13(10)17)21-16(22)15(18)14(9-19-21)20-11-4-2-3-5-11/h2-3,6-9,11,20H,4-5H2,1H3. The molecule has 6 heteroatoms. The number of rotatable bonds is 3. The van der Waals surface area contributed by atoms with E-state index in [2.05, 4.69) is 22.6 Å². The Morgan fingerprint density at radius 2 is 2.00 bits per heavy atom. The Morgan fingerprint density at radius 3 is 2.68 bits per heavy atom. The quantitative estimate of drug-likeness (QED) is 0.863. The van der Waals surface area contributed by atoms with Crippen molar-refractivity contribution in [2.75, 3.05) is 5.32 Å². The molecule has 1 aliphatic rings. The minimum Gasteiger partial charge on any atom is -0.379 e. The van der Waals surface area contributed by atoms with Gasteiger partial charge in [0, 0.05) is 11.1 Å². The number of nitrogens with zero attached hydrogens (tertiary/aromatic N) is 2. The predicted octanol–water partition coefficient (Wildman–Crippen LogP) is 3.98. The maximum Gasteiger partial charge on any atom is 0.292 e. The lowest BCUT2D eigenvalue weighted by Crippen LogP contribution is -2.24. The van der Waals surface area contributed by atoms with Crippen molar-refractivity contribution in [3.05, 3.63) is 62.5 Å². The molecule has 22 heavy (non-hydrogen) atoms. The average Bonchev–Trinajstić information content (AvgIpc) is 3.00. The minimum atomic E-state index is -0.363. The van der Waals surface area contributed by atoms with Crippen LogP contribution in [0, 0.1) is 6.92 Å². The number of aryl methyl sites for hydroxylation is 1. The third-order valence-corrected chi connectivity index (χ3v) is 4.46. The molecular weight excluding hydrogens is 321 g/mol. The number of halogens is 2. The van der Waals surface area contributed by atoms with Gasteiger partial charge >= 0.3 is 0 Å². The van der Waals surface area contributed by atoms with Gasteiger partial charge in [0.2, 0.25) is 0 Å². The van der Waals surface area contributed by atoms with Gasteiger partial charge in [0.1, 0.15) is 5.02 Å². The Bertz CT molecular complexity index is 790. The SMILES string of the molecule is Cc1ccc(-n2ncc(NC3CC=CC3)c(Cl)c2=O)cc1Cl. The lowest BCUT2D eigenvalue weighted by molar-refractivity contribution is 0.770. The minimum absolute atomic E-state index is 0.138. The van der Waals surface area contributed by atoms with Crippen molar-refractivity contribution in [3.8, 4) is 5.69 Å². The second-order valence-corrected chi connectivity index (χ2v) is 6.09. The molecule has 1 aliphatic carbocycles. The van der Waals surface area contributed by atoms with E-state index in [4.69, 9.17) is 23.2 Å². The van der Waals surface area contributed by atoms with Crippen molar-refractivity contribution >= 4 is 28.9 Å². The normalized spacial score (nSPS) is 14.5. The fourth-order valence-electron chi connectivity index (χ4n) is 2.39. The highest BCUT2D eigenvalue weighted by Gasteiger charge is 2.15. The van der Waals surface area contributed by atoms with Crippen LogP contribution in [-0.2, 0) is 0 Å². The molecule has 0 atom stereocenters. The lowest BCUT2D eigenvalue weighted by Gasteiger charge is -2.15. The third kappa shape index (κ3) is 2.89. The molecule has 3 rings (SSSR count). The molecule has 0 saturated carbocycles. The number of aromatic nitrogens is 2. The maximum absolute atomic E-state index is 12.4. The molecule has 1 heterocycles. The molecule has 1 aromatic heterocycles. The average molecular weight is 336 g/mol. The summed E-state index contributed by atoms with van der Waals surface area (Å²) in [6.07, 6.45) is 7.64. The maximum atomic E-state index is 12.4. The first kappa shape index (κ1) is 15.1. The van der Waals surface area contributed by atoms with E-state index in [1.807, 2.05) is 13.0 Å². The third-order valence-electron chi connectivity index (χ3n) is 3.69. The number of hydrogen-bond donors (Lipinski definition) is 1. The van der Waals surface area contributed by atoms with Crippen LogP contribution in [0.4, 0.5) is 5.69 Å². The number of nitrogens with one attached hydrogen (secondary N) is 1. The van der Waals surface area contributed by atoms with Gasteiger partial charge in [-0.1, -0.05) is 41.4 Å². The highest BCUT2D eigenvalue weighted by atomic mass is 35.5. The van der Waals surface area contributed by atoms with Crippen LogP contribution in [0.3, 0.4) is 0 Å². The molecule has 0 saturated heterocycles. The zero-order valence-corrected chi connectivity index (χ0v) is 13.5. The van der Waals surface area contributed by atoms with E-state index in [0.717, 1.165) is 18.4 Å². The molecule has 0 bridgehead atoms. The molecule has 0 spiro atoms. The van der Waals surface area contributed by atoms with Crippen LogP contribution in [-0.4, -0.2) is 15.8 Å². The van der Waals surface area contributed by atoms with Gasteiger partial charge in [0.25, 0.3) is 5.56 Å². The van der Waals surface area contributed by atoms with Crippen molar-refractivity contribution in [1.29, 1.82) is 0 Å². The first-order valence-corrected chi connectivity index (χ1v) is 7.78. The molecule has 0 radical (unpaired) electrons. The van der Waals surface area contributed by atoms with Gasteiger partial charge in [-0.3, -0.25) is 4.79 Å². The molecule has 2 aromatic rings. The molecule has 114 valence electrons. The van der Waals surface area contributed by atoms with E-state index in [-0.39, 0.29) is 16.6 Å². The summed E-state index contributed by atoms with van der Waals surface area (Å²) in [7, 11) is 0. The van der Waals surface area contributed by atoms with Crippen LogP contribution in [0.1, 0.15) is 18.4 Å². The molecule has 4 nitrogen and oxygen atoms in total. The van der Waals surface area contributed by atoms with E-state index in [0.29, 0.717) is 16.4 Å². The largest absolute Gasteiger partial charge is 0.379 e. The molecule has 1 aromatic carbocycles. The summed E-state index contributed by atoms with van der Waals surface area (Å²) in [6, 6.07) is 5.61. The summed E-state index contributed by atoms with van der Waals surface area (Å²) in [5.41, 5.74) is 1.74. The highest BCUT2D eigenvalue weighted by Crippen LogP contribution is 2.23. The first-order valence-electron chi connectivity index (χ1n) is 7.02. The smallest absolute Gasteiger partial charge is 0.292 e. The van der Waals surface area contributed by atoms with E-state index in [1.165, 1.54) is 4.68 Å². The van der Waals surface area contributed by atoms with Crippen LogP contribution in [0.25, 0.3) is 5.69 Å². The van der Waals surface area contributed by atoms with Crippen molar-refractivity contribution in [2.24, 2.45) is 0 Å². The van der Waals surface area contributed by atoms with E-state index < -0.39 is 0 Å². The number of hydrogen-bond acceptors (Lipinski definition) is 3. The Hall–Kier alpha value is -1.78. The Morgan fingerprint density at radius 1 is 1.27 bits per heavy atom. The van der Waals surface area contributed by atoms with E-state index in [9.17, 15) is 4.79 Å². The van der Waals surface area contributed by atoms with Crippen LogP contribution >= 0.6 is 23.2 Å². The molecule has 0 unspecified atom stereocenters. The van der Waals surface area contributed by atoms with Gasteiger partial charge in [-0.05, 0) is 37.5 Å². The number of benzene rings is 1. The van der Waals surface area contributed by atoms with Gasteiger partial charge in [-0.25, -0.2) is 0 Å². The van der Waals surface area contributed by atoms with Crippen LogP contribution < -0.4 is 10.9 Å². The van der Waals surface area contributed by atoms with E-state index in [1.54, 1.807) is 18.3 Å². The molecule has 1 N–H and O–H groups in total. The Labute approximate surface area is 138 Å². The molecular formula is C16H15Cl2N3O. The van der Waals surface area contributed by atoms with Crippen molar-refractivity contribution in [1.82, 2.24) is 9.78 Å². The second kappa shape index (κ2) is 6.15. The summed E-state index contributed by atoms with van der Waals surface area (Å²) >= 11 is 12.3. The van der Waals surface area contributed by atoms with Gasteiger partial charge in [0.15, 0.2) is 0 Å². The van der Waals surface area contributed by atoms with Gasteiger partial charge in [0.05, 0.1) is 17.6 Å². The fraction of sp³-hybridized carbons (Fsp3) is 0.250. The Kier molecular flexibility index (Phi) is 4.23. The summed E-state index contributed by atoms with van der Waals surface area (Å²) in [5, 5.41) is 8.18.